The van der Waals surface area contributed by atoms with E-state index in [4.69, 9.17) is 21.9 Å². The van der Waals surface area contributed by atoms with Gasteiger partial charge in [0.25, 0.3) is 0 Å². The number of nitrogens with zero attached hydrogens (tertiary/aromatic N) is 4. The van der Waals surface area contributed by atoms with E-state index in [0.29, 0.717) is 6.04 Å². The van der Waals surface area contributed by atoms with E-state index in [1.165, 1.54) is 37.1 Å². The Balaban J connectivity index is 1.38. The highest BCUT2D eigenvalue weighted by molar-refractivity contribution is 7.80. The van der Waals surface area contributed by atoms with Crippen LogP contribution in [-0.2, 0) is 4.74 Å². The van der Waals surface area contributed by atoms with Gasteiger partial charge in [0.2, 0.25) is 0 Å². The number of thiocarbonyl (C=S) groups is 1. The predicted octanol–water partition coefficient (Wildman–Crippen LogP) is 5.01. The number of aromatic nitrogens is 2. The molecule has 4 heterocycles. The topological polar surface area (TPSA) is 45.6 Å². The number of ether oxygens (including phenoxy) is 1. The first kappa shape index (κ1) is 21.6. The summed E-state index contributed by atoms with van der Waals surface area (Å²) in [6, 6.07) is 20.0. The maximum atomic E-state index is 5.94. The van der Waals surface area contributed by atoms with Crippen LogP contribution in [0.25, 0.3) is 0 Å². The number of nitrogens with one attached hydrogen (secondary N) is 1. The lowest BCUT2D eigenvalue weighted by Gasteiger charge is -2.32. The second kappa shape index (κ2) is 9.39. The quantitative estimate of drug-likeness (QED) is 0.526. The normalized spacial score (nSPS) is 23.5. The molecule has 0 bridgehead atoms. The molecule has 0 unspecified atom stereocenters. The summed E-state index contributed by atoms with van der Waals surface area (Å²) < 4.78 is 8.02. The predicted molar refractivity (Wildman–Crippen MR) is 139 cm³/mol. The summed E-state index contributed by atoms with van der Waals surface area (Å²) in [5.74, 6) is 0. The highest BCUT2D eigenvalue weighted by Crippen LogP contribution is 2.44. The Morgan fingerprint density at radius 2 is 1.68 bits per heavy atom. The van der Waals surface area contributed by atoms with Gasteiger partial charge in [0.1, 0.15) is 6.04 Å². The maximum absolute atomic E-state index is 5.94. The molecule has 6 nitrogen and oxygen atoms in total. The van der Waals surface area contributed by atoms with Crippen molar-refractivity contribution in [3.8, 4) is 0 Å². The second-order valence-electron chi connectivity index (χ2n) is 9.39. The van der Waals surface area contributed by atoms with E-state index in [-0.39, 0.29) is 12.1 Å². The largest absolute Gasteiger partial charge is 0.378 e. The molecule has 0 amide bonds. The smallest absolute Gasteiger partial charge is 0.174 e. The van der Waals surface area contributed by atoms with Crippen LogP contribution in [0.1, 0.15) is 55.2 Å². The van der Waals surface area contributed by atoms with Gasteiger partial charge in [0, 0.05) is 48.6 Å². The van der Waals surface area contributed by atoms with Crippen LogP contribution in [0.3, 0.4) is 0 Å². The summed E-state index contributed by atoms with van der Waals surface area (Å²) in [6.45, 7) is 3.44. The Hall–Kier alpha value is -2.90. The standard InChI is InChI=1S/C27H31N5OS/c34-27-29-25(23-8-3-4-14-28-23)26(24-9-5-15-31(24)21-6-1-2-7-21)32(27)22-12-10-20(11-13-22)30-16-18-33-19-17-30/h3-5,8-15,21,25-26H,1-2,6-7,16-19H2,(H,29,34)/t25-,26+/m0/s1. The van der Waals surface area contributed by atoms with Crippen LogP contribution < -0.4 is 15.1 Å². The first-order valence-electron chi connectivity index (χ1n) is 12.4. The average Bonchev–Trinajstić information content (AvgIpc) is 3.65. The monoisotopic (exact) mass is 473 g/mol. The van der Waals surface area contributed by atoms with Crippen molar-refractivity contribution in [1.82, 2.24) is 14.9 Å². The Morgan fingerprint density at radius 3 is 2.41 bits per heavy atom. The summed E-state index contributed by atoms with van der Waals surface area (Å²) in [7, 11) is 0. The van der Waals surface area contributed by atoms with Gasteiger partial charge in [-0.05, 0) is 73.6 Å². The minimum atomic E-state index is -0.0114. The van der Waals surface area contributed by atoms with Gasteiger partial charge < -0.3 is 24.4 Å². The van der Waals surface area contributed by atoms with E-state index >= 15 is 0 Å². The van der Waals surface area contributed by atoms with E-state index in [0.717, 1.165) is 42.8 Å². The molecular weight excluding hydrogens is 442 g/mol. The van der Waals surface area contributed by atoms with Crippen molar-refractivity contribution in [3.63, 3.8) is 0 Å². The highest BCUT2D eigenvalue weighted by Gasteiger charge is 2.42. The molecule has 176 valence electrons. The molecule has 2 aliphatic heterocycles. The van der Waals surface area contributed by atoms with Gasteiger partial charge in [-0.3, -0.25) is 4.98 Å². The molecule has 34 heavy (non-hydrogen) atoms. The number of morpholine rings is 1. The summed E-state index contributed by atoms with van der Waals surface area (Å²) in [5.41, 5.74) is 4.66. The van der Waals surface area contributed by atoms with E-state index in [9.17, 15) is 0 Å². The van der Waals surface area contributed by atoms with Crippen LogP contribution in [0.5, 0.6) is 0 Å². The molecule has 2 aromatic heterocycles. The first-order valence-corrected chi connectivity index (χ1v) is 12.8. The van der Waals surface area contributed by atoms with E-state index in [1.807, 2.05) is 12.3 Å². The minimum absolute atomic E-state index is 0.0114. The van der Waals surface area contributed by atoms with Crippen molar-refractivity contribution in [2.24, 2.45) is 0 Å². The Labute approximate surface area is 206 Å². The average molecular weight is 474 g/mol. The first-order chi connectivity index (χ1) is 16.8. The van der Waals surface area contributed by atoms with Gasteiger partial charge >= 0.3 is 0 Å². The Morgan fingerprint density at radius 1 is 0.912 bits per heavy atom. The molecule has 1 N–H and O–H groups in total. The molecule has 0 spiro atoms. The van der Waals surface area contributed by atoms with Gasteiger partial charge in [-0.15, -0.1) is 0 Å². The highest BCUT2D eigenvalue weighted by atomic mass is 32.1. The van der Waals surface area contributed by atoms with Crippen LogP contribution >= 0.6 is 12.2 Å². The minimum Gasteiger partial charge on any atom is -0.378 e. The van der Waals surface area contributed by atoms with E-state index in [2.05, 4.69) is 74.4 Å². The van der Waals surface area contributed by atoms with Crippen LogP contribution in [-0.4, -0.2) is 41.0 Å². The Bertz CT molecular complexity index is 1120. The van der Waals surface area contributed by atoms with Crippen LogP contribution in [0.2, 0.25) is 0 Å². The van der Waals surface area contributed by atoms with Crippen molar-refractivity contribution >= 4 is 28.7 Å². The van der Waals surface area contributed by atoms with Gasteiger partial charge in [-0.25, -0.2) is 0 Å². The molecule has 1 saturated carbocycles. The lowest BCUT2D eigenvalue weighted by molar-refractivity contribution is 0.122. The van der Waals surface area contributed by atoms with Gasteiger partial charge in [-0.1, -0.05) is 18.9 Å². The molecule has 7 heteroatoms. The van der Waals surface area contributed by atoms with Crippen molar-refractivity contribution in [1.29, 1.82) is 0 Å². The third kappa shape index (κ3) is 3.97. The maximum Gasteiger partial charge on any atom is 0.174 e. The van der Waals surface area contributed by atoms with E-state index < -0.39 is 0 Å². The summed E-state index contributed by atoms with van der Waals surface area (Å²) in [5, 5.41) is 4.36. The van der Waals surface area contributed by atoms with E-state index in [1.54, 1.807) is 0 Å². The van der Waals surface area contributed by atoms with Gasteiger partial charge in [0.05, 0.1) is 24.9 Å². The lowest BCUT2D eigenvalue weighted by atomic mass is 10.00. The number of benzene rings is 1. The zero-order chi connectivity index (χ0) is 22.9. The van der Waals surface area contributed by atoms with Crippen LogP contribution in [0.4, 0.5) is 11.4 Å². The number of hydrogen-bond donors (Lipinski definition) is 1. The third-order valence-corrected chi connectivity index (χ3v) is 7.75. The molecule has 1 aromatic carbocycles. The van der Waals surface area contributed by atoms with Crippen molar-refractivity contribution in [2.45, 2.75) is 43.8 Å². The fraction of sp³-hybridized carbons (Fsp3) is 0.407. The Kier molecular flexibility index (Phi) is 5.97. The second-order valence-corrected chi connectivity index (χ2v) is 9.78. The fourth-order valence-electron chi connectivity index (χ4n) is 5.75. The summed E-state index contributed by atoms with van der Waals surface area (Å²) >= 11 is 5.94. The number of rotatable bonds is 5. The molecule has 2 atom stereocenters. The molecular formula is C27H31N5OS. The lowest BCUT2D eigenvalue weighted by Crippen LogP contribution is -2.36. The molecule has 3 aromatic rings. The fourth-order valence-corrected chi connectivity index (χ4v) is 6.10. The molecule has 3 fully saturated rings. The van der Waals surface area contributed by atoms with Gasteiger partial charge in [0.15, 0.2) is 5.11 Å². The molecule has 2 saturated heterocycles. The van der Waals surface area contributed by atoms with Crippen molar-refractivity contribution in [2.75, 3.05) is 36.1 Å². The van der Waals surface area contributed by atoms with Crippen LogP contribution in [0.15, 0.2) is 67.0 Å². The number of pyridine rings is 1. The van der Waals surface area contributed by atoms with Crippen molar-refractivity contribution in [3.05, 3.63) is 78.4 Å². The third-order valence-electron chi connectivity index (χ3n) is 7.44. The van der Waals surface area contributed by atoms with Crippen LogP contribution in [0, 0.1) is 0 Å². The summed E-state index contributed by atoms with van der Waals surface area (Å²) in [6.07, 6.45) is 9.22. The zero-order valence-electron chi connectivity index (χ0n) is 19.3. The SMILES string of the molecule is S=C1N[C@@H](c2ccccn2)[C@@H](c2cccn2C2CCCC2)N1c1ccc(N2CCOCC2)cc1. The summed E-state index contributed by atoms with van der Waals surface area (Å²) in [4.78, 5) is 9.38. The van der Waals surface area contributed by atoms with Crippen molar-refractivity contribution < 1.29 is 4.74 Å². The number of hydrogen-bond acceptors (Lipinski definition) is 4. The number of anilines is 2. The molecule has 6 rings (SSSR count). The van der Waals surface area contributed by atoms with Gasteiger partial charge in [-0.2, -0.15) is 0 Å². The molecule has 0 radical (unpaired) electrons. The molecule has 1 aliphatic carbocycles. The zero-order valence-corrected chi connectivity index (χ0v) is 20.2. The molecule has 3 aliphatic rings.